The molecular weight excluding hydrogens is 366 g/mol. The van der Waals surface area contributed by atoms with Crippen molar-refractivity contribution in [3.8, 4) is 16.9 Å². The first-order valence-electron chi connectivity index (χ1n) is 9.42. The third-order valence-electron chi connectivity index (χ3n) is 5.98. The molecule has 2 aliphatic rings. The van der Waals surface area contributed by atoms with Gasteiger partial charge >= 0.3 is 0 Å². The summed E-state index contributed by atoms with van der Waals surface area (Å²) < 4.78 is 7.38. The number of methoxy groups -OCH3 is 1. The lowest BCUT2D eigenvalue weighted by Gasteiger charge is -2.31. The molecular formula is C23H17N3O3. The van der Waals surface area contributed by atoms with Gasteiger partial charge in [0.1, 0.15) is 11.4 Å². The fraction of sp³-hybridized carbons (Fsp3) is 0.130. The zero-order chi connectivity index (χ0) is 19.9. The molecule has 4 heterocycles. The number of rotatable bonds is 1. The lowest BCUT2D eigenvalue weighted by molar-refractivity contribution is 0.0878. The molecule has 1 N–H and O–H groups in total. The number of nitrogens with one attached hydrogen (secondary N) is 1. The standard InChI is InChI=1S/C23H17N3O3/c1-25-11-15-18-9-12-5-3-4-6-16(12)26(18)21-20(22(27)24-23(21)28)19(15)14-10-13(29-2)7-8-17(14)25/h3-10H,11H2,1-2H3,(H,24,27,28). The van der Waals surface area contributed by atoms with Gasteiger partial charge in [0.2, 0.25) is 0 Å². The lowest BCUT2D eigenvalue weighted by Crippen LogP contribution is -2.24. The number of carbonyl (C=O) groups is 2. The van der Waals surface area contributed by atoms with E-state index in [4.69, 9.17) is 4.74 Å². The van der Waals surface area contributed by atoms with E-state index in [0.29, 0.717) is 23.6 Å². The summed E-state index contributed by atoms with van der Waals surface area (Å²) in [5, 5.41) is 3.54. The van der Waals surface area contributed by atoms with Crippen LogP contribution in [0.4, 0.5) is 5.69 Å². The molecule has 6 rings (SSSR count). The molecule has 0 aliphatic carbocycles. The van der Waals surface area contributed by atoms with Gasteiger partial charge in [-0.15, -0.1) is 0 Å². The van der Waals surface area contributed by atoms with Gasteiger partial charge in [-0.1, -0.05) is 18.2 Å². The first-order chi connectivity index (χ1) is 14.1. The van der Waals surface area contributed by atoms with Gasteiger partial charge in [0, 0.05) is 41.4 Å². The molecule has 0 unspecified atom stereocenters. The molecule has 0 bridgehead atoms. The quantitative estimate of drug-likeness (QED) is 0.510. The molecule has 6 nitrogen and oxygen atoms in total. The Balaban J connectivity index is 1.86. The molecule has 0 radical (unpaired) electrons. The molecule has 0 saturated carbocycles. The topological polar surface area (TPSA) is 63.1 Å². The van der Waals surface area contributed by atoms with Gasteiger partial charge < -0.3 is 14.0 Å². The smallest absolute Gasteiger partial charge is 0.275 e. The summed E-state index contributed by atoms with van der Waals surface area (Å²) in [6, 6.07) is 15.9. The van der Waals surface area contributed by atoms with E-state index in [2.05, 4.69) is 16.3 Å². The van der Waals surface area contributed by atoms with Crippen molar-refractivity contribution in [2.45, 2.75) is 6.54 Å². The number of fused-ring (bicyclic) bond motifs is 10. The summed E-state index contributed by atoms with van der Waals surface area (Å²) in [4.78, 5) is 27.9. The van der Waals surface area contributed by atoms with Gasteiger partial charge in [-0.25, -0.2) is 0 Å². The Morgan fingerprint density at radius 2 is 1.79 bits per heavy atom. The highest BCUT2D eigenvalue weighted by Gasteiger charge is 2.38. The van der Waals surface area contributed by atoms with Crippen LogP contribution in [0.5, 0.6) is 5.75 Å². The van der Waals surface area contributed by atoms with Crippen LogP contribution in [-0.2, 0) is 6.54 Å². The normalized spacial score (nSPS) is 14.8. The number of hydrogen-bond donors (Lipinski definition) is 1. The van der Waals surface area contributed by atoms with Crippen LogP contribution in [0.2, 0.25) is 0 Å². The van der Waals surface area contributed by atoms with Crippen LogP contribution in [0.25, 0.3) is 27.5 Å². The number of aromatic nitrogens is 1. The largest absolute Gasteiger partial charge is 0.497 e. The maximum absolute atomic E-state index is 12.9. The molecule has 0 fully saturated rings. The first-order valence-corrected chi connectivity index (χ1v) is 9.42. The zero-order valence-electron chi connectivity index (χ0n) is 15.9. The van der Waals surface area contributed by atoms with Crippen LogP contribution in [0.15, 0.2) is 48.5 Å². The molecule has 2 aromatic carbocycles. The molecule has 2 aliphatic heterocycles. The number of ether oxygens (including phenoxy) is 1. The van der Waals surface area contributed by atoms with Crippen molar-refractivity contribution in [3.05, 3.63) is 65.4 Å². The molecule has 2 amide bonds. The maximum Gasteiger partial charge on any atom is 0.275 e. The van der Waals surface area contributed by atoms with Crippen LogP contribution < -0.4 is 15.0 Å². The number of pyridine rings is 1. The number of anilines is 1. The van der Waals surface area contributed by atoms with E-state index < -0.39 is 0 Å². The third-order valence-corrected chi connectivity index (χ3v) is 5.98. The van der Waals surface area contributed by atoms with Crippen molar-refractivity contribution in [2.75, 3.05) is 19.1 Å². The van der Waals surface area contributed by atoms with Crippen molar-refractivity contribution < 1.29 is 14.3 Å². The third kappa shape index (κ3) is 1.95. The Kier molecular flexibility index (Phi) is 3.00. The Morgan fingerprint density at radius 3 is 2.62 bits per heavy atom. The molecule has 142 valence electrons. The van der Waals surface area contributed by atoms with E-state index >= 15 is 0 Å². The average Bonchev–Trinajstić information content (AvgIpc) is 3.25. The monoisotopic (exact) mass is 383 g/mol. The summed E-state index contributed by atoms with van der Waals surface area (Å²) in [6.07, 6.45) is 0. The summed E-state index contributed by atoms with van der Waals surface area (Å²) >= 11 is 0. The highest BCUT2D eigenvalue weighted by atomic mass is 16.5. The highest BCUT2D eigenvalue weighted by molar-refractivity contribution is 6.25. The summed E-state index contributed by atoms with van der Waals surface area (Å²) in [6.45, 7) is 0.642. The van der Waals surface area contributed by atoms with Crippen LogP contribution in [0.3, 0.4) is 0 Å². The predicted octanol–water partition coefficient (Wildman–Crippen LogP) is 3.60. The van der Waals surface area contributed by atoms with E-state index in [0.717, 1.165) is 38.8 Å². The average molecular weight is 383 g/mol. The Morgan fingerprint density at radius 1 is 0.966 bits per heavy atom. The van der Waals surface area contributed by atoms with Gasteiger partial charge in [0.15, 0.2) is 0 Å². The first kappa shape index (κ1) is 16.2. The summed E-state index contributed by atoms with van der Waals surface area (Å²) in [5.41, 5.74) is 6.49. The van der Waals surface area contributed by atoms with Crippen LogP contribution in [-0.4, -0.2) is 30.4 Å². The SMILES string of the molecule is COc1ccc2c(c1)-c1c3c(n4c(cc5ccccc54)c1CN2C)C(=O)NC3=O. The van der Waals surface area contributed by atoms with Gasteiger partial charge in [-0.2, -0.15) is 0 Å². The molecule has 6 heteroatoms. The van der Waals surface area contributed by atoms with Crippen molar-refractivity contribution in [1.29, 1.82) is 0 Å². The minimum Gasteiger partial charge on any atom is -0.497 e. The summed E-state index contributed by atoms with van der Waals surface area (Å²) in [7, 11) is 3.66. The molecule has 29 heavy (non-hydrogen) atoms. The second-order valence-electron chi connectivity index (χ2n) is 7.52. The van der Waals surface area contributed by atoms with Crippen LogP contribution in [0.1, 0.15) is 26.4 Å². The van der Waals surface area contributed by atoms with E-state index in [1.807, 2.05) is 53.9 Å². The maximum atomic E-state index is 12.9. The van der Waals surface area contributed by atoms with E-state index in [-0.39, 0.29) is 11.8 Å². The number of imide groups is 1. The molecule has 4 aromatic rings. The van der Waals surface area contributed by atoms with Crippen LogP contribution >= 0.6 is 0 Å². The Bertz CT molecular complexity index is 1400. The van der Waals surface area contributed by atoms with Crippen molar-refractivity contribution in [1.82, 2.24) is 9.72 Å². The minimum atomic E-state index is -0.359. The lowest BCUT2D eigenvalue weighted by atomic mass is 9.88. The predicted molar refractivity (Wildman–Crippen MR) is 111 cm³/mol. The Labute approximate surface area is 166 Å². The van der Waals surface area contributed by atoms with E-state index in [1.165, 1.54) is 0 Å². The number of para-hydroxylation sites is 1. The van der Waals surface area contributed by atoms with Crippen molar-refractivity contribution >= 4 is 33.9 Å². The van der Waals surface area contributed by atoms with E-state index in [1.54, 1.807) is 7.11 Å². The molecule has 2 aromatic heterocycles. The van der Waals surface area contributed by atoms with Crippen molar-refractivity contribution in [2.24, 2.45) is 0 Å². The number of benzene rings is 2. The number of nitrogens with zero attached hydrogens (tertiary/aromatic N) is 2. The molecule has 0 saturated heterocycles. The molecule has 0 atom stereocenters. The number of amides is 2. The molecule has 0 spiro atoms. The van der Waals surface area contributed by atoms with Gasteiger partial charge in [-0.05, 0) is 30.3 Å². The highest BCUT2D eigenvalue weighted by Crippen LogP contribution is 2.46. The van der Waals surface area contributed by atoms with Crippen LogP contribution in [0, 0.1) is 0 Å². The van der Waals surface area contributed by atoms with Crippen molar-refractivity contribution in [3.63, 3.8) is 0 Å². The fourth-order valence-corrected chi connectivity index (χ4v) is 4.74. The Hall–Kier alpha value is -3.80. The zero-order valence-corrected chi connectivity index (χ0v) is 15.9. The van der Waals surface area contributed by atoms with Gasteiger partial charge in [-0.3, -0.25) is 14.9 Å². The minimum absolute atomic E-state index is 0.348. The van der Waals surface area contributed by atoms with Gasteiger partial charge in [0.05, 0.1) is 23.7 Å². The second kappa shape index (κ2) is 5.38. The number of hydrogen-bond acceptors (Lipinski definition) is 4. The fourth-order valence-electron chi connectivity index (χ4n) is 4.74. The van der Waals surface area contributed by atoms with E-state index in [9.17, 15) is 9.59 Å². The van der Waals surface area contributed by atoms with Gasteiger partial charge in [0.25, 0.3) is 11.8 Å². The number of carbonyl (C=O) groups excluding carboxylic acids is 2. The summed E-state index contributed by atoms with van der Waals surface area (Å²) in [5.74, 6) is 0.00526. The second-order valence-corrected chi connectivity index (χ2v) is 7.52.